The van der Waals surface area contributed by atoms with Gasteiger partial charge in [-0.1, -0.05) is 59.8 Å². The van der Waals surface area contributed by atoms with Gasteiger partial charge in [-0.15, -0.1) is 5.10 Å². The fourth-order valence-corrected chi connectivity index (χ4v) is 5.84. The van der Waals surface area contributed by atoms with Gasteiger partial charge in [-0.3, -0.25) is 4.79 Å². The number of carbonyl (C=O) groups excluding carboxylic acids is 1. The van der Waals surface area contributed by atoms with Gasteiger partial charge in [0.15, 0.2) is 11.5 Å². The van der Waals surface area contributed by atoms with E-state index in [2.05, 4.69) is 10.6 Å². The zero-order valence-electron chi connectivity index (χ0n) is 23.8. The van der Waals surface area contributed by atoms with Gasteiger partial charge in [0.1, 0.15) is 11.8 Å². The van der Waals surface area contributed by atoms with Crippen LogP contribution in [0.2, 0.25) is 5.02 Å². The van der Waals surface area contributed by atoms with Crippen molar-refractivity contribution in [1.29, 1.82) is 0 Å². The third-order valence-electron chi connectivity index (χ3n) is 6.63. The van der Waals surface area contributed by atoms with Crippen LogP contribution in [-0.4, -0.2) is 41.0 Å². The molecule has 1 atom stereocenters. The number of thioether (sulfide) groups is 1. The van der Waals surface area contributed by atoms with E-state index in [4.69, 9.17) is 35.9 Å². The van der Waals surface area contributed by atoms with Crippen LogP contribution in [-0.2, 0) is 10.5 Å². The van der Waals surface area contributed by atoms with E-state index in [1.54, 1.807) is 23.9 Å². The normalized spacial score (nSPS) is 14.2. The van der Waals surface area contributed by atoms with Crippen LogP contribution in [0.3, 0.4) is 0 Å². The first-order chi connectivity index (χ1) is 20.4. The topological polar surface area (TPSA) is 99.5 Å². The summed E-state index contributed by atoms with van der Waals surface area (Å²) in [6, 6.07) is 20.1. The van der Waals surface area contributed by atoms with Crippen LogP contribution < -0.4 is 24.8 Å². The minimum absolute atomic E-state index is 0.298. The highest BCUT2D eigenvalue weighted by Gasteiger charge is 2.35. The third kappa shape index (κ3) is 6.19. The molecule has 4 aromatic rings. The van der Waals surface area contributed by atoms with Gasteiger partial charge in [0.25, 0.3) is 5.91 Å². The lowest BCUT2D eigenvalue weighted by Crippen LogP contribution is -2.31. The number of benzene rings is 3. The number of hydrogen-bond donors (Lipinski definition) is 2. The Bertz CT molecular complexity index is 1620. The van der Waals surface area contributed by atoms with Crippen molar-refractivity contribution in [3.05, 3.63) is 94.1 Å². The molecular formula is C31H32ClN5O4S. The van der Waals surface area contributed by atoms with E-state index < -0.39 is 6.04 Å². The van der Waals surface area contributed by atoms with E-state index in [-0.39, 0.29) is 5.91 Å². The Morgan fingerprint density at radius 3 is 2.52 bits per heavy atom. The lowest BCUT2D eigenvalue weighted by molar-refractivity contribution is -0.113. The van der Waals surface area contributed by atoms with Crippen molar-refractivity contribution in [1.82, 2.24) is 14.8 Å². The number of allylic oxidation sites excluding steroid dienone is 1. The number of fused-ring (bicyclic) bond motifs is 1. The summed E-state index contributed by atoms with van der Waals surface area (Å²) < 4.78 is 18.9. The molecule has 0 fully saturated rings. The van der Waals surface area contributed by atoms with Crippen molar-refractivity contribution in [3.63, 3.8) is 0 Å². The van der Waals surface area contributed by atoms with Crippen LogP contribution in [0, 0.1) is 0 Å². The van der Waals surface area contributed by atoms with E-state index in [0.29, 0.717) is 69.3 Å². The summed E-state index contributed by atoms with van der Waals surface area (Å²) in [6.45, 7) is 6.66. The molecule has 2 N–H and O–H groups in total. The quantitative estimate of drug-likeness (QED) is 0.177. The zero-order valence-corrected chi connectivity index (χ0v) is 25.4. The van der Waals surface area contributed by atoms with Crippen molar-refractivity contribution in [2.45, 2.75) is 37.7 Å². The molecule has 0 saturated heterocycles. The number of para-hydroxylation sites is 2. The Kier molecular flexibility index (Phi) is 9.24. The highest BCUT2D eigenvalue weighted by atomic mass is 35.5. The highest BCUT2D eigenvalue weighted by molar-refractivity contribution is 7.98. The first kappa shape index (κ1) is 29.3. The summed E-state index contributed by atoms with van der Waals surface area (Å²) in [5.41, 5.74) is 3.47. The van der Waals surface area contributed by atoms with Crippen LogP contribution in [0.1, 0.15) is 37.9 Å². The van der Waals surface area contributed by atoms with Crippen LogP contribution >= 0.6 is 23.4 Å². The smallest absolute Gasteiger partial charge is 0.255 e. The number of nitrogens with one attached hydrogen (secondary N) is 2. The lowest BCUT2D eigenvalue weighted by atomic mass is 9.94. The van der Waals surface area contributed by atoms with Gasteiger partial charge in [-0.2, -0.15) is 4.98 Å². The number of amides is 1. The van der Waals surface area contributed by atoms with Crippen LogP contribution in [0.5, 0.6) is 17.2 Å². The number of aromatic nitrogens is 3. The van der Waals surface area contributed by atoms with E-state index in [1.807, 2.05) is 75.4 Å². The summed E-state index contributed by atoms with van der Waals surface area (Å²) in [5.74, 6) is 2.61. The second kappa shape index (κ2) is 13.2. The summed E-state index contributed by atoms with van der Waals surface area (Å²) in [5, 5.41) is 12.4. The number of anilines is 2. The van der Waals surface area contributed by atoms with Crippen molar-refractivity contribution in [2.24, 2.45) is 0 Å². The van der Waals surface area contributed by atoms with Gasteiger partial charge in [0.2, 0.25) is 11.1 Å². The molecule has 1 aliphatic rings. The van der Waals surface area contributed by atoms with E-state index in [9.17, 15) is 4.79 Å². The molecule has 1 unspecified atom stereocenters. The summed E-state index contributed by atoms with van der Waals surface area (Å²) >= 11 is 7.85. The Morgan fingerprint density at radius 1 is 1.02 bits per heavy atom. The fraction of sp³-hybridized carbons (Fsp3) is 0.258. The second-order valence-electron chi connectivity index (χ2n) is 9.34. The number of halogens is 1. The molecule has 0 aliphatic carbocycles. The minimum Gasteiger partial charge on any atom is -0.495 e. The van der Waals surface area contributed by atoms with Gasteiger partial charge < -0.3 is 24.8 Å². The SMILES string of the molecule is CCOc1ccc(C2C(C(=O)Nc3ccccc3OC)=C(C)Nc3nc(SCc4ccccc4Cl)nn32)cc1OCC. The van der Waals surface area contributed by atoms with Gasteiger partial charge >= 0.3 is 0 Å². The lowest BCUT2D eigenvalue weighted by Gasteiger charge is -2.29. The molecule has 9 nitrogen and oxygen atoms in total. The first-order valence-electron chi connectivity index (χ1n) is 13.6. The molecule has 1 aromatic heterocycles. The van der Waals surface area contributed by atoms with E-state index in [1.165, 1.54) is 11.8 Å². The number of hydrogen-bond acceptors (Lipinski definition) is 8. The molecule has 0 radical (unpaired) electrons. The first-order valence-corrected chi connectivity index (χ1v) is 14.9. The Labute approximate surface area is 254 Å². The predicted octanol–water partition coefficient (Wildman–Crippen LogP) is 6.96. The van der Waals surface area contributed by atoms with Crippen LogP contribution in [0.25, 0.3) is 0 Å². The van der Waals surface area contributed by atoms with Crippen molar-refractivity contribution >= 4 is 40.9 Å². The Balaban J connectivity index is 1.55. The van der Waals surface area contributed by atoms with Gasteiger partial charge in [-0.25, -0.2) is 4.68 Å². The number of ether oxygens (including phenoxy) is 3. The molecule has 2 heterocycles. The fourth-order valence-electron chi connectivity index (χ4n) is 4.73. The van der Waals surface area contributed by atoms with Crippen molar-refractivity contribution in [2.75, 3.05) is 31.0 Å². The highest BCUT2D eigenvalue weighted by Crippen LogP contribution is 2.40. The molecule has 42 heavy (non-hydrogen) atoms. The number of nitrogens with zero attached hydrogens (tertiary/aromatic N) is 3. The second-order valence-corrected chi connectivity index (χ2v) is 10.7. The Morgan fingerprint density at radius 2 is 1.76 bits per heavy atom. The molecule has 1 aliphatic heterocycles. The molecular weight excluding hydrogens is 574 g/mol. The minimum atomic E-state index is -0.604. The summed E-state index contributed by atoms with van der Waals surface area (Å²) in [6.07, 6.45) is 0. The number of carbonyl (C=O) groups is 1. The summed E-state index contributed by atoms with van der Waals surface area (Å²) in [7, 11) is 1.57. The molecule has 1 amide bonds. The monoisotopic (exact) mass is 605 g/mol. The number of methoxy groups -OCH3 is 1. The molecule has 0 bridgehead atoms. The Hall–Kier alpha value is -4.15. The average Bonchev–Trinajstić information content (AvgIpc) is 3.39. The molecule has 3 aromatic carbocycles. The maximum absolute atomic E-state index is 14.0. The van der Waals surface area contributed by atoms with Gasteiger partial charge in [-0.05, 0) is 62.2 Å². The van der Waals surface area contributed by atoms with Crippen molar-refractivity contribution < 1.29 is 19.0 Å². The van der Waals surface area contributed by atoms with Crippen molar-refractivity contribution in [3.8, 4) is 17.2 Å². The molecule has 0 spiro atoms. The zero-order chi connectivity index (χ0) is 29.6. The van der Waals surface area contributed by atoms with Gasteiger partial charge in [0, 0.05) is 16.5 Å². The molecule has 0 saturated carbocycles. The van der Waals surface area contributed by atoms with Crippen LogP contribution in [0.15, 0.2) is 83.2 Å². The maximum Gasteiger partial charge on any atom is 0.255 e. The molecule has 5 rings (SSSR count). The molecule has 218 valence electrons. The number of rotatable bonds is 11. The standard InChI is InChI=1S/C31H32ClN5O4S/c1-5-40-25-16-15-20(17-26(25)41-6-2)28-27(29(38)34-23-13-9-10-14-24(23)39-4)19(3)33-30-35-31(36-37(28)30)42-18-21-11-7-8-12-22(21)32/h7-17,28H,5-6,18H2,1-4H3,(H,34,38)(H,33,35,36). The molecule has 11 heteroatoms. The largest absolute Gasteiger partial charge is 0.495 e. The average molecular weight is 606 g/mol. The maximum atomic E-state index is 14.0. The summed E-state index contributed by atoms with van der Waals surface area (Å²) in [4.78, 5) is 18.7. The van der Waals surface area contributed by atoms with E-state index in [0.717, 1.165) is 11.1 Å². The van der Waals surface area contributed by atoms with E-state index >= 15 is 0 Å². The predicted molar refractivity (Wildman–Crippen MR) is 166 cm³/mol. The van der Waals surface area contributed by atoms with Gasteiger partial charge in [0.05, 0.1) is 31.6 Å². The van der Waals surface area contributed by atoms with Crippen LogP contribution in [0.4, 0.5) is 11.6 Å². The third-order valence-corrected chi connectivity index (χ3v) is 7.89.